The minimum Gasteiger partial charge on any atom is -0.370 e. The monoisotopic (exact) mass is 128 g/mol. The predicted molar refractivity (Wildman–Crippen MR) is 31.4 cm³/mol. The van der Waals surface area contributed by atoms with Gasteiger partial charge in [-0.25, -0.2) is 0 Å². The van der Waals surface area contributed by atoms with Crippen LogP contribution in [-0.2, 0) is 4.74 Å². The molecular weight excluding hydrogens is 120 g/mol. The molecule has 2 aliphatic rings. The number of fused-ring (bicyclic) bond motifs is 1. The van der Waals surface area contributed by atoms with Crippen molar-refractivity contribution in [3.8, 4) is 0 Å². The van der Waals surface area contributed by atoms with E-state index < -0.39 is 0 Å². The predicted octanol–water partition coefficient (Wildman–Crippen LogP) is 0.779. The second-order valence-electron chi connectivity index (χ2n) is 2.23. The van der Waals surface area contributed by atoms with Crippen LogP contribution in [0.15, 0.2) is 0 Å². The molecule has 0 amide bonds. The smallest absolute Gasteiger partial charge is 0.151 e. The van der Waals surface area contributed by atoms with Crippen molar-refractivity contribution >= 4 is 0 Å². The lowest BCUT2D eigenvalue weighted by molar-refractivity contribution is 0.322. The fraction of sp³-hybridized carbons (Fsp3) is 1.00. The van der Waals surface area contributed by atoms with Crippen LogP contribution in [0.2, 0.25) is 0 Å². The Morgan fingerprint density at radius 2 is 1.89 bits per heavy atom. The van der Waals surface area contributed by atoms with Gasteiger partial charge in [-0.3, -0.25) is 5.53 Å². The number of ether oxygens (including phenoxy) is 1. The highest BCUT2D eigenvalue weighted by atomic mass is 16.6. The number of nitrogens with zero attached hydrogens (tertiary/aromatic N) is 2. The van der Waals surface area contributed by atoms with E-state index in [0.717, 1.165) is 0 Å². The van der Waals surface area contributed by atoms with Crippen molar-refractivity contribution in [1.29, 1.82) is 0 Å². The van der Waals surface area contributed by atoms with Gasteiger partial charge in [0.1, 0.15) is 4.97 Å². The van der Waals surface area contributed by atoms with Crippen LogP contribution in [-0.4, -0.2) is 12.2 Å². The van der Waals surface area contributed by atoms with Crippen molar-refractivity contribution < 1.29 is 4.74 Å². The summed E-state index contributed by atoms with van der Waals surface area (Å²) in [6.45, 7) is 0. The molecule has 2 atom stereocenters. The highest BCUT2D eigenvalue weighted by Gasteiger charge is 2.42. The topological polar surface area (TPSA) is 66.0 Å². The molecule has 1 saturated heterocycles. The lowest BCUT2D eigenvalue weighted by Gasteiger charge is -1.81. The summed E-state index contributed by atoms with van der Waals surface area (Å²) in [4.78, 5) is 9.36. The van der Waals surface area contributed by atoms with Crippen molar-refractivity contribution in [2.75, 3.05) is 0 Å². The number of hydrogen-bond acceptors (Lipinski definition) is 2. The third-order valence-corrected chi connectivity index (χ3v) is 1.66. The minimum absolute atomic E-state index is 0.713. The molecule has 9 heavy (non-hydrogen) atoms. The molecular formula is C5H8N2O2. The van der Waals surface area contributed by atoms with E-state index in [1.54, 1.807) is 0 Å². The minimum atomic E-state index is 0.713. The van der Waals surface area contributed by atoms with Gasteiger partial charge in [0.15, 0.2) is 4.91 Å². The van der Waals surface area contributed by atoms with Gasteiger partial charge in [0.2, 0.25) is 0 Å². The zero-order chi connectivity index (χ0) is 6.69. The molecule has 0 aromatic rings. The van der Waals surface area contributed by atoms with Crippen molar-refractivity contribution in [3.05, 3.63) is 10.4 Å². The second kappa shape index (κ2) is 2.71. The third-order valence-electron chi connectivity index (χ3n) is 1.66. The van der Waals surface area contributed by atoms with Gasteiger partial charge in [-0.05, 0) is 19.3 Å². The summed E-state index contributed by atoms with van der Waals surface area (Å²) < 4.78 is 5.15. The average molecular weight is 128 g/mol. The van der Waals surface area contributed by atoms with Gasteiger partial charge in [-0.2, -0.15) is 0 Å². The molecule has 2 unspecified atom stereocenters. The number of nitroso groups, excluding NO2 is 1. The van der Waals surface area contributed by atoms with Crippen molar-refractivity contribution in [1.82, 2.24) is 4.97 Å². The maximum Gasteiger partial charge on any atom is 0.151 e. The van der Waals surface area contributed by atoms with Crippen molar-refractivity contribution in [2.24, 2.45) is 0 Å². The van der Waals surface area contributed by atoms with E-state index in [1.165, 1.54) is 24.2 Å². The van der Waals surface area contributed by atoms with E-state index in [2.05, 4.69) is 0 Å². The molecule has 0 N–H and O–H groups in total. The normalized spacial score (nSPS) is 35.6. The molecule has 50 valence electrons. The van der Waals surface area contributed by atoms with Gasteiger partial charge in [0, 0.05) is 0 Å². The summed E-state index contributed by atoms with van der Waals surface area (Å²) in [7, 11) is 0. The summed E-state index contributed by atoms with van der Waals surface area (Å²) in [5, 5.41) is 0. The summed E-state index contributed by atoms with van der Waals surface area (Å²) in [5.74, 6) is 0. The van der Waals surface area contributed by atoms with Gasteiger partial charge >= 0.3 is 0 Å². The Kier molecular flexibility index (Phi) is 1.92. The van der Waals surface area contributed by atoms with Crippen LogP contribution >= 0.6 is 0 Å². The first kappa shape index (κ1) is 6.39. The van der Waals surface area contributed by atoms with Gasteiger partial charge in [-0.1, -0.05) is 0 Å². The van der Waals surface area contributed by atoms with Gasteiger partial charge in [-0.15, -0.1) is 0 Å². The van der Waals surface area contributed by atoms with Crippen LogP contribution in [0, 0.1) is 4.91 Å². The fourth-order valence-corrected chi connectivity index (χ4v) is 1.21. The molecule has 1 heterocycles. The van der Waals surface area contributed by atoms with E-state index >= 15 is 0 Å². The molecule has 0 aromatic carbocycles. The largest absolute Gasteiger partial charge is 0.370 e. The van der Waals surface area contributed by atoms with Crippen molar-refractivity contribution in [2.45, 2.75) is 31.5 Å². The lowest BCUT2D eigenvalue weighted by atomic mass is 10.4. The maximum absolute atomic E-state index is 8.11. The molecule has 2 fully saturated rings. The standard InChI is InChI=1S/C5H8O.N2O/c1-2-4-5(3-1)6-4;1-2-3/h4-5H,1-3H2;. The summed E-state index contributed by atoms with van der Waals surface area (Å²) in [6.07, 6.45) is 5.51. The first-order chi connectivity index (χ1) is 4.38. The SMILES string of the molecule is C1CC2OC2C1.[N-]=[N+]=O. The third kappa shape index (κ3) is 1.59. The maximum atomic E-state index is 8.11. The Morgan fingerprint density at radius 1 is 1.44 bits per heavy atom. The fourth-order valence-electron chi connectivity index (χ4n) is 1.21. The number of hydrogen-bond donors (Lipinski definition) is 0. The van der Waals surface area contributed by atoms with E-state index in [0.29, 0.717) is 12.2 Å². The first-order valence-electron chi connectivity index (χ1n) is 3.00. The van der Waals surface area contributed by atoms with Crippen LogP contribution < -0.4 is 4.97 Å². The Morgan fingerprint density at radius 3 is 2.00 bits per heavy atom. The average Bonchev–Trinajstić information content (AvgIpc) is 2.43. The quantitative estimate of drug-likeness (QED) is 0.275. The molecule has 1 saturated carbocycles. The Labute approximate surface area is 52.7 Å². The van der Waals surface area contributed by atoms with Gasteiger partial charge < -0.3 is 4.74 Å². The Hall–Kier alpha value is -0.730. The van der Waals surface area contributed by atoms with Gasteiger partial charge in [0.25, 0.3) is 0 Å². The van der Waals surface area contributed by atoms with Crippen LogP contribution in [0.3, 0.4) is 0 Å². The Balaban J connectivity index is 0.000000120. The van der Waals surface area contributed by atoms with Crippen molar-refractivity contribution in [3.63, 3.8) is 0 Å². The summed E-state index contributed by atoms with van der Waals surface area (Å²) >= 11 is 0. The molecule has 4 heteroatoms. The Bertz CT molecular complexity index is 123. The van der Waals surface area contributed by atoms with E-state index in [-0.39, 0.29) is 0 Å². The summed E-state index contributed by atoms with van der Waals surface area (Å²) in [5.41, 5.74) is 6.64. The highest BCUT2D eigenvalue weighted by molar-refractivity contribution is 4.90. The van der Waals surface area contributed by atoms with E-state index in [4.69, 9.17) is 15.2 Å². The summed E-state index contributed by atoms with van der Waals surface area (Å²) in [6, 6.07) is 0. The molecule has 1 aliphatic heterocycles. The van der Waals surface area contributed by atoms with Crippen LogP contribution in [0.5, 0.6) is 0 Å². The van der Waals surface area contributed by atoms with E-state index in [9.17, 15) is 0 Å². The molecule has 4 nitrogen and oxygen atoms in total. The molecule has 0 spiro atoms. The van der Waals surface area contributed by atoms with Crippen LogP contribution in [0.1, 0.15) is 19.3 Å². The van der Waals surface area contributed by atoms with Crippen LogP contribution in [0.4, 0.5) is 0 Å². The van der Waals surface area contributed by atoms with E-state index in [1.807, 2.05) is 0 Å². The molecule has 1 aliphatic carbocycles. The first-order valence-corrected chi connectivity index (χ1v) is 3.00. The zero-order valence-electron chi connectivity index (χ0n) is 4.99. The number of rotatable bonds is 0. The van der Waals surface area contributed by atoms with Crippen LogP contribution in [0.25, 0.3) is 5.53 Å². The zero-order valence-corrected chi connectivity index (χ0v) is 4.99. The molecule has 0 aromatic heterocycles. The number of epoxide rings is 1. The lowest BCUT2D eigenvalue weighted by Crippen LogP contribution is -1.74. The van der Waals surface area contributed by atoms with Gasteiger partial charge in [0.05, 0.1) is 12.2 Å². The molecule has 0 bridgehead atoms. The second-order valence-corrected chi connectivity index (χ2v) is 2.23. The highest BCUT2D eigenvalue weighted by Crippen LogP contribution is 2.37. The molecule has 0 radical (unpaired) electrons. The molecule has 2 rings (SSSR count).